The molecule has 3 atom stereocenters. The summed E-state index contributed by atoms with van der Waals surface area (Å²) < 4.78 is 5.75. The third-order valence-electron chi connectivity index (χ3n) is 3.64. The van der Waals surface area contributed by atoms with Crippen molar-refractivity contribution < 1.29 is 9.53 Å². The number of hydrazine groups is 1. The van der Waals surface area contributed by atoms with Crippen LogP contribution in [0.5, 0.6) is 0 Å². The fourth-order valence-electron chi connectivity index (χ4n) is 2.65. The van der Waals surface area contributed by atoms with Crippen molar-refractivity contribution in [1.82, 2.24) is 15.2 Å². The molecule has 0 bridgehead atoms. The van der Waals surface area contributed by atoms with Crippen molar-refractivity contribution in [3.05, 3.63) is 0 Å². The number of carbonyl (C=O) groups is 1. The van der Waals surface area contributed by atoms with Gasteiger partial charge in [0.1, 0.15) is 6.10 Å². The van der Waals surface area contributed by atoms with Gasteiger partial charge in [-0.05, 0) is 40.4 Å². The second kappa shape index (κ2) is 7.79. The summed E-state index contributed by atoms with van der Waals surface area (Å²) in [6.45, 7) is 7.27. The Labute approximate surface area is 116 Å². The highest BCUT2D eigenvalue weighted by atomic mass is 16.5. The Morgan fingerprint density at radius 1 is 1.47 bits per heavy atom. The van der Waals surface area contributed by atoms with E-state index in [0.29, 0.717) is 6.04 Å². The Kier molecular flexibility index (Phi) is 6.71. The summed E-state index contributed by atoms with van der Waals surface area (Å²) in [5.41, 5.74) is 2.16. The quantitative estimate of drug-likeness (QED) is 0.381. The number of nitrogens with zero attached hydrogens (tertiary/aromatic N) is 2. The van der Waals surface area contributed by atoms with Gasteiger partial charge in [-0.3, -0.25) is 15.1 Å². The molecule has 6 heteroatoms. The maximum atomic E-state index is 11.4. The van der Waals surface area contributed by atoms with Crippen molar-refractivity contribution in [3.63, 3.8) is 0 Å². The monoisotopic (exact) mass is 272 g/mol. The number of nitrogens with one attached hydrogen (secondary N) is 1. The molecule has 0 radical (unpaired) electrons. The number of rotatable bonds is 7. The van der Waals surface area contributed by atoms with Crippen LogP contribution in [0.25, 0.3) is 0 Å². The van der Waals surface area contributed by atoms with Crippen LogP contribution in [0.3, 0.4) is 0 Å². The Hall–Kier alpha value is -0.690. The summed E-state index contributed by atoms with van der Waals surface area (Å²) in [4.78, 5) is 16.0. The van der Waals surface area contributed by atoms with E-state index < -0.39 is 0 Å². The summed E-state index contributed by atoms with van der Waals surface area (Å²) in [6, 6.07) is 0.478. The topological polar surface area (TPSA) is 70.8 Å². The van der Waals surface area contributed by atoms with Gasteiger partial charge in [0.05, 0.1) is 6.10 Å². The molecule has 1 fully saturated rings. The van der Waals surface area contributed by atoms with Crippen LogP contribution in [0, 0.1) is 0 Å². The zero-order chi connectivity index (χ0) is 14.4. The molecule has 3 N–H and O–H groups in total. The summed E-state index contributed by atoms with van der Waals surface area (Å²) in [5.74, 6) is 4.92. The van der Waals surface area contributed by atoms with Crippen molar-refractivity contribution >= 4 is 5.91 Å². The molecule has 0 aromatic heterocycles. The average Bonchev–Trinajstić information content (AvgIpc) is 2.82. The van der Waals surface area contributed by atoms with Crippen LogP contribution in [0.1, 0.15) is 26.7 Å². The van der Waals surface area contributed by atoms with Crippen molar-refractivity contribution in [3.8, 4) is 0 Å². The lowest BCUT2D eigenvalue weighted by molar-refractivity contribution is -0.132. The summed E-state index contributed by atoms with van der Waals surface area (Å²) >= 11 is 0. The zero-order valence-electron chi connectivity index (χ0n) is 12.6. The maximum Gasteiger partial charge on any atom is 0.263 e. The molecular formula is C13H28N4O2. The molecule has 1 heterocycles. The maximum absolute atomic E-state index is 11.4. The second-order valence-electron chi connectivity index (χ2n) is 5.53. The summed E-state index contributed by atoms with van der Waals surface area (Å²) in [7, 11) is 4.16. The van der Waals surface area contributed by atoms with Crippen molar-refractivity contribution in [2.75, 3.05) is 33.7 Å². The van der Waals surface area contributed by atoms with E-state index in [0.717, 1.165) is 32.5 Å². The van der Waals surface area contributed by atoms with Crippen LogP contribution in [0.15, 0.2) is 0 Å². The van der Waals surface area contributed by atoms with E-state index in [9.17, 15) is 4.79 Å². The Morgan fingerprint density at radius 3 is 2.68 bits per heavy atom. The molecule has 1 aliphatic rings. The molecule has 0 spiro atoms. The smallest absolute Gasteiger partial charge is 0.263 e. The molecule has 0 aromatic rings. The van der Waals surface area contributed by atoms with E-state index in [1.807, 2.05) is 0 Å². The van der Waals surface area contributed by atoms with Crippen LogP contribution in [0.4, 0.5) is 0 Å². The molecule has 19 heavy (non-hydrogen) atoms. The number of amides is 1. The Bertz CT molecular complexity index is 286. The number of nitrogens with two attached hydrogens (primary N) is 1. The average molecular weight is 272 g/mol. The number of hydrogen-bond acceptors (Lipinski definition) is 5. The van der Waals surface area contributed by atoms with Gasteiger partial charge >= 0.3 is 0 Å². The van der Waals surface area contributed by atoms with Gasteiger partial charge < -0.3 is 9.64 Å². The van der Waals surface area contributed by atoms with Crippen LogP contribution in [0.2, 0.25) is 0 Å². The van der Waals surface area contributed by atoms with E-state index >= 15 is 0 Å². The van der Waals surface area contributed by atoms with Gasteiger partial charge in [0.2, 0.25) is 0 Å². The van der Waals surface area contributed by atoms with Crippen LogP contribution in [-0.2, 0) is 9.53 Å². The van der Waals surface area contributed by atoms with Crippen molar-refractivity contribution in [2.24, 2.45) is 5.84 Å². The minimum absolute atomic E-state index is 0.131. The molecule has 1 rings (SSSR count). The lowest BCUT2D eigenvalue weighted by Crippen LogP contribution is -2.44. The van der Waals surface area contributed by atoms with Crippen molar-refractivity contribution in [1.29, 1.82) is 0 Å². The highest BCUT2D eigenvalue weighted by Gasteiger charge is 2.31. The second-order valence-corrected chi connectivity index (χ2v) is 5.53. The van der Waals surface area contributed by atoms with E-state index in [4.69, 9.17) is 10.6 Å². The number of ether oxygens (including phenoxy) is 1. The molecule has 6 nitrogen and oxygen atoms in total. The molecule has 0 aliphatic carbocycles. The SMILES string of the molecule is CCN(CC1CCC(C(=O)NN)O1)C(C)CN(C)C. The fourth-order valence-corrected chi connectivity index (χ4v) is 2.65. The van der Waals surface area contributed by atoms with E-state index in [1.54, 1.807) is 0 Å². The molecule has 1 aliphatic heterocycles. The van der Waals surface area contributed by atoms with Gasteiger partial charge in [-0.25, -0.2) is 5.84 Å². The highest BCUT2D eigenvalue weighted by Crippen LogP contribution is 2.21. The first-order chi connectivity index (χ1) is 8.97. The first-order valence-corrected chi connectivity index (χ1v) is 7.02. The van der Waals surface area contributed by atoms with Crippen LogP contribution < -0.4 is 11.3 Å². The molecule has 1 saturated heterocycles. The molecule has 0 saturated carbocycles. The van der Waals surface area contributed by atoms with Gasteiger partial charge in [0.15, 0.2) is 0 Å². The standard InChI is InChI=1S/C13H28N4O2/c1-5-17(10(2)8-16(3)4)9-11-6-7-12(19-11)13(18)15-14/h10-12H,5-9,14H2,1-4H3,(H,15,18). The largest absolute Gasteiger partial charge is 0.364 e. The van der Waals surface area contributed by atoms with Gasteiger partial charge in [-0.1, -0.05) is 6.92 Å². The molecule has 1 amide bonds. The minimum atomic E-state index is -0.377. The molecule has 112 valence electrons. The molecule has 3 unspecified atom stereocenters. The lowest BCUT2D eigenvalue weighted by atomic mass is 10.1. The van der Waals surface area contributed by atoms with Gasteiger partial charge in [0, 0.05) is 19.1 Å². The fraction of sp³-hybridized carbons (Fsp3) is 0.923. The van der Waals surface area contributed by atoms with Crippen molar-refractivity contribution in [2.45, 2.75) is 44.9 Å². The zero-order valence-corrected chi connectivity index (χ0v) is 12.6. The van der Waals surface area contributed by atoms with E-state index in [1.165, 1.54) is 0 Å². The highest BCUT2D eigenvalue weighted by molar-refractivity contribution is 5.80. The summed E-state index contributed by atoms with van der Waals surface area (Å²) in [5, 5.41) is 0. The number of hydrogen-bond donors (Lipinski definition) is 2. The summed E-state index contributed by atoms with van der Waals surface area (Å²) in [6.07, 6.45) is 1.43. The van der Waals surface area contributed by atoms with Crippen LogP contribution in [-0.4, -0.2) is 67.7 Å². The number of carbonyl (C=O) groups excluding carboxylic acids is 1. The first kappa shape index (κ1) is 16.4. The first-order valence-electron chi connectivity index (χ1n) is 7.02. The van der Waals surface area contributed by atoms with E-state index in [-0.39, 0.29) is 18.1 Å². The Balaban J connectivity index is 2.43. The third-order valence-corrected chi connectivity index (χ3v) is 3.64. The Morgan fingerprint density at radius 2 is 2.16 bits per heavy atom. The number of likely N-dealkylation sites (N-methyl/N-ethyl adjacent to an activating group) is 2. The van der Waals surface area contributed by atoms with Crippen LogP contribution >= 0.6 is 0 Å². The predicted molar refractivity (Wildman–Crippen MR) is 75.5 cm³/mol. The minimum Gasteiger partial charge on any atom is -0.364 e. The lowest BCUT2D eigenvalue weighted by Gasteiger charge is -2.31. The predicted octanol–water partition coefficient (Wildman–Crippen LogP) is -0.204. The van der Waals surface area contributed by atoms with Gasteiger partial charge in [-0.15, -0.1) is 0 Å². The van der Waals surface area contributed by atoms with E-state index in [2.05, 4.69) is 43.2 Å². The molecule has 0 aromatic carbocycles. The van der Waals surface area contributed by atoms with Gasteiger partial charge in [-0.2, -0.15) is 0 Å². The molecular weight excluding hydrogens is 244 g/mol. The third kappa shape index (κ3) is 5.06. The van der Waals surface area contributed by atoms with Gasteiger partial charge in [0.25, 0.3) is 5.91 Å². The normalized spacial score (nSPS) is 25.0.